The van der Waals surface area contributed by atoms with Gasteiger partial charge in [0, 0.05) is 10.7 Å². The number of rotatable bonds is 4. The zero-order valence-corrected chi connectivity index (χ0v) is 11.1. The molecule has 0 fully saturated rings. The van der Waals surface area contributed by atoms with E-state index in [0.717, 1.165) is 5.56 Å². The molecule has 0 atom stereocenters. The molecule has 0 aliphatic heterocycles. The fourth-order valence-corrected chi connectivity index (χ4v) is 1.44. The van der Waals surface area contributed by atoms with Gasteiger partial charge in [0.05, 0.1) is 12.7 Å². The van der Waals surface area contributed by atoms with Crippen molar-refractivity contribution in [1.29, 1.82) is 0 Å². The maximum Gasteiger partial charge on any atom is 0.337 e. The number of nitrogens with two attached hydrogens (primary N) is 2. The number of hydrazone groups is 1. The van der Waals surface area contributed by atoms with E-state index in [2.05, 4.69) is 29.9 Å². The Morgan fingerprint density at radius 1 is 1.38 bits per heavy atom. The van der Waals surface area contributed by atoms with Crippen molar-refractivity contribution in [2.24, 2.45) is 10.8 Å². The number of hydrogen-bond donors (Lipinski definition) is 3. The lowest BCUT2D eigenvalue weighted by atomic mass is 10.1. The molecule has 0 aliphatic rings. The first-order valence-electron chi connectivity index (χ1n) is 5.80. The van der Waals surface area contributed by atoms with E-state index in [1.54, 1.807) is 30.5 Å². The molecule has 0 radical (unpaired) electrons. The molecule has 1 aromatic carbocycles. The van der Waals surface area contributed by atoms with Crippen molar-refractivity contribution < 1.29 is 19.3 Å². The molecule has 0 aliphatic carbocycles. The SMILES string of the molecule is COC(=O)c1ccc(C=[NH+]N=C(N)c2nonc2N)cc1. The topological polar surface area (TPSA) is 144 Å². The molecule has 21 heavy (non-hydrogen) atoms. The molecule has 108 valence electrons. The Morgan fingerprint density at radius 2 is 2.10 bits per heavy atom. The number of nitrogen functional groups attached to an aromatic ring is 1. The normalized spacial score (nSPS) is 11.8. The average molecular weight is 289 g/mol. The maximum atomic E-state index is 11.3. The highest BCUT2D eigenvalue weighted by Gasteiger charge is 2.11. The van der Waals surface area contributed by atoms with E-state index in [9.17, 15) is 4.79 Å². The van der Waals surface area contributed by atoms with Gasteiger partial charge in [0.25, 0.3) is 0 Å². The predicted octanol–water partition coefficient (Wildman–Crippen LogP) is -1.74. The van der Waals surface area contributed by atoms with E-state index in [-0.39, 0.29) is 17.3 Å². The molecular weight excluding hydrogens is 276 g/mol. The first-order chi connectivity index (χ1) is 10.1. The molecule has 0 bridgehead atoms. The van der Waals surface area contributed by atoms with E-state index in [1.165, 1.54) is 7.11 Å². The van der Waals surface area contributed by atoms with Crippen LogP contribution in [0.1, 0.15) is 21.6 Å². The van der Waals surface area contributed by atoms with Crippen LogP contribution in [0.2, 0.25) is 0 Å². The zero-order chi connectivity index (χ0) is 15.2. The lowest BCUT2D eigenvalue weighted by Crippen LogP contribution is -2.63. The van der Waals surface area contributed by atoms with Crippen LogP contribution in [0.5, 0.6) is 0 Å². The number of anilines is 1. The maximum absolute atomic E-state index is 11.3. The zero-order valence-electron chi connectivity index (χ0n) is 11.1. The van der Waals surface area contributed by atoms with Crippen molar-refractivity contribution in [2.75, 3.05) is 12.8 Å². The minimum absolute atomic E-state index is 0.0381. The van der Waals surface area contributed by atoms with Crippen LogP contribution in [-0.4, -0.2) is 35.4 Å². The minimum atomic E-state index is -0.397. The molecular formula is C12H13N6O3+. The smallest absolute Gasteiger partial charge is 0.337 e. The number of amidine groups is 1. The highest BCUT2D eigenvalue weighted by Crippen LogP contribution is 2.03. The van der Waals surface area contributed by atoms with Crippen molar-refractivity contribution in [1.82, 2.24) is 10.3 Å². The summed E-state index contributed by atoms with van der Waals surface area (Å²) >= 11 is 0. The highest BCUT2D eigenvalue weighted by molar-refractivity contribution is 5.98. The molecule has 0 unspecified atom stereocenters. The van der Waals surface area contributed by atoms with Crippen LogP contribution in [0.3, 0.4) is 0 Å². The summed E-state index contributed by atoms with van der Waals surface area (Å²) in [6.07, 6.45) is 1.58. The fourth-order valence-electron chi connectivity index (χ4n) is 1.44. The van der Waals surface area contributed by atoms with Gasteiger partial charge in [-0.1, -0.05) is 0 Å². The quantitative estimate of drug-likeness (QED) is 0.262. The Labute approximate surface area is 119 Å². The monoisotopic (exact) mass is 289 g/mol. The number of carbonyl (C=O) groups is 1. The summed E-state index contributed by atoms with van der Waals surface area (Å²) in [7, 11) is 1.33. The molecule has 5 N–H and O–H groups in total. The Bertz CT molecular complexity index is 689. The lowest BCUT2D eigenvalue weighted by Gasteiger charge is -1.97. The summed E-state index contributed by atoms with van der Waals surface area (Å²) < 4.78 is 9.01. The van der Waals surface area contributed by atoms with Gasteiger partial charge in [-0.2, -0.15) is 0 Å². The van der Waals surface area contributed by atoms with Gasteiger partial charge in [0.15, 0.2) is 11.5 Å². The van der Waals surface area contributed by atoms with Crippen LogP contribution in [0.4, 0.5) is 5.82 Å². The van der Waals surface area contributed by atoms with Crippen LogP contribution < -0.4 is 16.6 Å². The van der Waals surface area contributed by atoms with Gasteiger partial charge in [0.2, 0.25) is 12.1 Å². The standard InChI is InChI=1S/C12H12N6O3/c1-20-12(19)8-4-2-7(3-5-8)6-15-16-10(13)9-11(14)18-21-17-9/h2-6H,1H3,(H2,13,16)(H2,14,18)/p+1. The lowest BCUT2D eigenvalue weighted by molar-refractivity contribution is -0.456. The van der Waals surface area contributed by atoms with E-state index in [1.807, 2.05) is 0 Å². The van der Waals surface area contributed by atoms with Crippen LogP contribution in [-0.2, 0) is 4.74 Å². The summed E-state index contributed by atoms with van der Waals surface area (Å²) in [5.41, 5.74) is 12.5. The molecule has 9 nitrogen and oxygen atoms in total. The van der Waals surface area contributed by atoms with E-state index in [0.29, 0.717) is 5.56 Å². The first-order valence-corrected chi connectivity index (χ1v) is 5.80. The van der Waals surface area contributed by atoms with Gasteiger partial charge < -0.3 is 16.2 Å². The summed E-state index contributed by atoms with van der Waals surface area (Å²) in [5.74, 6) is -0.303. The van der Waals surface area contributed by atoms with Crippen molar-refractivity contribution >= 4 is 23.8 Å². The number of esters is 1. The summed E-state index contributed by atoms with van der Waals surface area (Å²) in [6, 6.07) is 6.70. The molecule has 1 heterocycles. The van der Waals surface area contributed by atoms with Gasteiger partial charge in [-0.25, -0.2) is 9.42 Å². The Kier molecular flexibility index (Phi) is 4.24. The second kappa shape index (κ2) is 6.28. The summed E-state index contributed by atoms with van der Waals surface area (Å²) in [5, 5.41) is 13.4. The molecule has 0 spiro atoms. The number of methoxy groups -OCH3 is 1. The van der Waals surface area contributed by atoms with Crippen molar-refractivity contribution in [3.05, 3.63) is 41.1 Å². The van der Waals surface area contributed by atoms with Gasteiger partial charge >= 0.3 is 5.97 Å². The molecule has 0 saturated heterocycles. The molecule has 0 saturated carbocycles. The Morgan fingerprint density at radius 3 is 2.67 bits per heavy atom. The van der Waals surface area contributed by atoms with Gasteiger partial charge in [-0.15, -0.1) is 5.10 Å². The third-order valence-electron chi connectivity index (χ3n) is 2.50. The first kappa shape index (κ1) is 14.2. The van der Waals surface area contributed by atoms with Crippen LogP contribution >= 0.6 is 0 Å². The van der Waals surface area contributed by atoms with E-state index < -0.39 is 5.97 Å². The molecule has 2 rings (SSSR count). The van der Waals surface area contributed by atoms with Gasteiger partial charge in [-0.05, 0) is 34.6 Å². The van der Waals surface area contributed by atoms with Crippen LogP contribution in [0.25, 0.3) is 0 Å². The van der Waals surface area contributed by atoms with E-state index in [4.69, 9.17) is 11.5 Å². The Hall–Kier alpha value is -3.23. The number of nitrogens with one attached hydrogen (secondary N) is 1. The predicted molar refractivity (Wildman–Crippen MR) is 73.3 cm³/mol. The second-order valence-electron chi connectivity index (χ2n) is 3.88. The van der Waals surface area contributed by atoms with Gasteiger partial charge in [0.1, 0.15) is 0 Å². The Balaban J connectivity index is 2.08. The fraction of sp³-hybridized carbons (Fsp3) is 0.0833. The minimum Gasteiger partial charge on any atom is -0.465 e. The highest BCUT2D eigenvalue weighted by atomic mass is 16.6. The van der Waals surface area contributed by atoms with Crippen molar-refractivity contribution in [3.8, 4) is 0 Å². The van der Waals surface area contributed by atoms with Crippen LogP contribution in [0, 0.1) is 0 Å². The molecule has 1 aromatic heterocycles. The third kappa shape index (κ3) is 3.41. The van der Waals surface area contributed by atoms with Crippen molar-refractivity contribution in [2.45, 2.75) is 0 Å². The van der Waals surface area contributed by atoms with E-state index >= 15 is 0 Å². The van der Waals surface area contributed by atoms with Crippen LogP contribution in [0.15, 0.2) is 34.0 Å². The molecule has 9 heteroatoms. The van der Waals surface area contributed by atoms with Gasteiger partial charge in [-0.3, -0.25) is 0 Å². The number of ether oxygens (including phenoxy) is 1. The summed E-state index contributed by atoms with van der Waals surface area (Å²) in [6.45, 7) is 0. The van der Waals surface area contributed by atoms with Crippen molar-refractivity contribution in [3.63, 3.8) is 0 Å². The number of hydrogen-bond acceptors (Lipinski definition) is 7. The summed E-state index contributed by atoms with van der Waals surface area (Å²) in [4.78, 5) is 11.3. The molecule has 2 aromatic rings. The third-order valence-corrected chi connectivity index (χ3v) is 2.50. The largest absolute Gasteiger partial charge is 0.465 e. The molecule has 0 amide bonds. The average Bonchev–Trinajstić information content (AvgIpc) is 2.93. The number of aromatic nitrogens is 2. The number of nitrogens with zero attached hydrogens (tertiary/aromatic N) is 3. The second-order valence-corrected chi connectivity index (χ2v) is 3.88. The number of carbonyl (C=O) groups excluding carboxylic acids is 1. The number of benzene rings is 1.